The van der Waals surface area contributed by atoms with E-state index >= 15 is 0 Å². The van der Waals surface area contributed by atoms with Crippen molar-refractivity contribution in [3.63, 3.8) is 0 Å². The number of phenolic OH excluding ortho intramolecular Hbond substituents is 1. The van der Waals surface area contributed by atoms with Crippen LogP contribution in [0.1, 0.15) is 51.9 Å². The third kappa shape index (κ3) is 5.94. The van der Waals surface area contributed by atoms with Gasteiger partial charge in [0.25, 0.3) is 0 Å². The van der Waals surface area contributed by atoms with Crippen LogP contribution in [0.25, 0.3) is 0 Å². The number of halogens is 1. The summed E-state index contributed by atoms with van der Waals surface area (Å²) in [5.74, 6) is -0.228. The molecule has 1 saturated carbocycles. The minimum atomic E-state index is -0.412. The first-order chi connectivity index (χ1) is 14.5. The number of nitrogens with zero attached hydrogens (tertiary/aromatic N) is 3. The second-order valence-electron chi connectivity index (χ2n) is 8.50. The Labute approximate surface area is 178 Å². The maximum absolute atomic E-state index is 12.8. The molecule has 30 heavy (non-hydrogen) atoms. The lowest BCUT2D eigenvalue weighted by Gasteiger charge is -2.30. The van der Waals surface area contributed by atoms with E-state index in [2.05, 4.69) is 4.90 Å². The molecule has 0 bridgehead atoms. The second kappa shape index (κ2) is 10.8. The summed E-state index contributed by atoms with van der Waals surface area (Å²) in [5.41, 5.74) is 0. The Morgan fingerprint density at radius 1 is 0.967 bits per heavy atom. The molecular formula is C23H34FN3O3. The van der Waals surface area contributed by atoms with Gasteiger partial charge in [0.2, 0.25) is 11.8 Å². The van der Waals surface area contributed by atoms with Crippen molar-refractivity contribution in [3.8, 4) is 5.75 Å². The van der Waals surface area contributed by atoms with E-state index in [0.29, 0.717) is 0 Å². The van der Waals surface area contributed by atoms with Crippen LogP contribution in [0.2, 0.25) is 0 Å². The third-order valence-corrected chi connectivity index (χ3v) is 6.43. The summed E-state index contributed by atoms with van der Waals surface area (Å²) in [6.45, 7) is 6.13. The van der Waals surface area contributed by atoms with Crippen molar-refractivity contribution in [3.05, 3.63) is 30.1 Å². The number of hydrogen-bond acceptors (Lipinski definition) is 4. The number of carbonyl (C=O) groups is 2. The van der Waals surface area contributed by atoms with Gasteiger partial charge in [-0.2, -0.15) is 0 Å². The van der Waals surface area contributed by atoms with E-state index in [1.54, 1.807) is 11.8 Å². The molecule has 1 N–H and O–H groups in total. The van der Waals surface area contributed by atoms with Crippen LogP contribution in [0, 0.1) is 5.82 Å². The van der Waals surface area contributed by atoms with E-state index in [-0.39, 0.29) is 23.6 Å². The third-order valence-electron chi connectivity index (χ3n) is 6.43. The van der Waals surface area contributed by atoms with Gasteiger partial charge >= 0.3 is 0 Å². The van der Waals surface area contributed by atoms with Crippen LogP contribution in [0.5, 0.6) is 5.75 Å². The van der Waals surface area contributed by atoms with Gasteiger partial charge in [-0.15, -0.1) is 0 Å². The van der Waals surface area contributed by atoms with Gasteiger partial charge in [0.1, 0.15) is 17.6 Å². The highest BCUT2D eigenvalue weighted by Crippen LogP contribution is 2.25. The SMILES string of the molecule is CC(=O)N1CCC[C@@H]1C(=O)N1CCCN(C2CCCC2)CC1.Oc1cccc(F)c1. The lowest BCUT2D eigenvalue weighted by molar-refractivity contribution is -0.142. The Hall–Kier alpha value is -2.15. The van der Waals surface area contributed by atoms with E-state index < -0.39 is 5.82 Å². The topological polar surface area (TPSA) is 64.1 Å². The number of hydrogen-bond donors (Lipinski definition) is 1. The first kappa shape index (κ1) is 22.5. The van der Waals surface area contributed by atoms with E-state index in [1.165, 1.54) is 43.9 Å². The van der Waals surface area contributed by atoms with Gasteiger partial charge in [0.15, 0.2) is 0 Å². The van der Waals surface area contributed by atoms with Crippen molar-refractivity contribution < 1.29 is 19.1 Å². The monoisotopic (exact) mass is 419 g/mol. The Morgan fingerprint density at radius 2 is 1.73 bits per heavy atom. The molecule has 0 unspecified atom stereocenters. The predicted octanol–water partition coefficient (Wildman–Crippen LogP) is 3.01. The van der Waals surface area contributed by atoms with Crippen LogP contribution in [0.3, 0.4) is 0 Å². The van der Waals surface area contributed by atoms with E-state index in [4.69, 9.17) is 5.11 Å². The van der Waals surface area contributed by atoms with Crippen molar-refractivity contribution in [1.82, 2.24) is 14.7 Å². The standard InChI is InChI=1S/C17H29N3O2.C6H5FO/c1-14(21)20-11-4-8-16(20)17(22)19-10-5-9-18(12-13-19)15-6-2-3-7-15;7-5-2-1-3-6(8)4-5/h15-16H,2-13H2,1H3;1-4,8H/t16-;/m1./s1. The maximum atomic E-state index is 12.8. The van der Waals surface area contributed by atoms with Crippen molar-refractivity contribution in [1.29, 1.82) is 0 Å². The molecule has 0 radical (unpaired) electrons. The first-order valence-corrected chi connectivity index (χ1v) is 11.2. The normalized spacial score (nSPS) is 23.1. The first-order valence-electron chi connectivity index (χ1n) is 11.2. The smallest absolute Gasteiger partial charge is 0.245 e. The molecule has 3 fully saturated rings. The Kier molecular flexibility index (Phi) is 8.08. The minimum Gasteiger partial charge on any atom is -0.508 e. The number of rotatable bonds is 2. The van der Waals surface area contributed by atoms with E-state index in [1.807, 2.05) is 4.90 Å². The molecular weight excluding hydrogens is 385 g/mol. The molecule has 0 spiro atoms. The largest absolute Gasteiger partial charge is 0.508 e. The van der Waals surface area contributed by atoms with Crippen molar-refractivity contribution in [2.75, 3.05) is 32.7 Å². The van der Waals surface area contributed by atoms with Gasteiger partial charge in [-0.25, -0.2) is 4.39 Å². The average molecular weight is 420 g/mol. The second-order valence-corrected chi connectivity index (χ2v) is 8.50. The number of phenols is 1. The summed E-state index contributed by atoms with van der Waals surface area (Å²) in [6.07, 6.45) is 8.23. The van der Waals surface area contributed by atoms with E-state index in [0.717, 1.165) is 64.1 Å². The highest BCUT2D eigenvalue weighted by atomic mass is 19.1. The number of carbonyl (C=O) groups excluding carboxylic acids is 2. The van der Waals surface area contributed by atoms with Gasteiger partial charge in [0.05, 0.1) is 0 Å². The molecule has 6 nitrogen and oxygen atoms in total. The van der Waals surface area contributed by atoms with Crippen LogP contribution in [-0.4, -0.2) is 76.4 Å². The van der Waals surface area contributed by atoms with Gasteiger partial charge in [-0.1, -0.05) is 18.9 Å². The maximum Gasteiger partial charge on any atom is 0.245 e. The van der Waals surface area contributed by atoms with E-state index in [9.17, 15) is 14.0 Å². The summed E-state index contributed by atoms with van der Waals surface area (Å²) in [4.78, 5) is 30.9. The van der Waals surface area contributed by atoms with Crippen molar-refractivity contribution in [2.24, 2.45) is 0 Å². The fourth-order valence-corrected chi connectivity index (χ4v) is 4.88. The van der Waals surface area contributed by atoms with Gasteiger partial charge < -0.3 is 14.9 Å². The zero-order valence-electron chi connectivity index (χ0n) is 17.9. The minimum absolute atomic E-state index is 0.0370. The van der Waals surface area contributed by atoms with Crippen LogP contribution >= 0.6 is 0 Å². The number of likely N-dealkylation sites (tertiary alicyclic amines) is 1. The summed E-state index contributed by atoms with van der Waals surface area (Å²) in [6, 6.07) is 5.75. The van der Waals surface area contributed by atoms with Crippen LogP contribution in [0.15, 0.2) is 24.3 Å². The number of amides is 2. The molecule has 2 aliphatic heterocycles. The van der Waals surface area contributed by atoms with Crippen molar-refractivity contribution in [2.45, 2.75) is 64.0 Å². The van der Waals surface area contributed by atoms with Gasteiger partial charge in [-0.05, 0) is 44.2 Å². The fourth-order valence-electron chi connectivity index (χ4n) is 4.88. The Balaban J connectivity index is 0.000000269. The zero-order chi connectivity index (χ0) is 21.5. The van der Waals surface area contributed by atoms with Gasteiger partial charge in [-0.3, -0.25) is 14.5 Å². The number of benzene rings is 1. The molecule has 1 aromatic rings. The molecule has 3 aliphatic rings. The summed E-state index contributed by atoms with van der Waals surface area (Å²) in [7, 11) is 0. The van der Waals surface area contributed by atoms with Crippen LogP contribution in [0.4, 0.5) is 4.39 Å². The molecule has 0 aromatic heterocycles. The molecule has 2 amide bonds. The van der Waals surface area contributed by atoms with Crippen LogP contribution < -0.4 is 0 Å². The summed E-state index contributed by atoms with van der Waals surface area (Å²) < 4.78 is 12.0. The average Bonchev–Trinajstić information content (AvgIpc) is 3.36. The van der Waals surface area contributed by atoms with Crippen LogP contribution in [-0.2, 0) is 9.59 Å². The fraction of sp³-hybridized carbons (Fsp3) is 0.652. The summed E-state index contributed by atoms with van der Waals surface area (Å²) >= 11 is 0. The highest BCUT2D eigenvalue weighted by Gasteiger charge is 2.36. The Bertz CT molecular complexity index is 706. The molecule has 1 aromatic carbocycles. The molecule has 2 heterocycles. The molecule has 2 saturated heterocycles. The Morgan fingerprint density at radius 3 is 2.37 bits per heavy atom. The molecule has 7 heteroatoms. The molecule has 1 atom stereocenters. The summed E-state index contributed by atoms with van der Waals surface area (Å²) in [5, 5.41) is 8.57. The zero-order valence-corrected chi connectivity index (χ0v) is 17.9. The lowest BCUT2D eigenvalue weighted by atomic mass is 10.2. The van der Waals surface area contributed by atoms with Crippen molar-refractivity contribution >= 4 is 11.8 Å². The lowest BCUT2D eigenvalue weighted by Crippen LogP contribution is -2.48. The molecule has 4 rings (SSSR count). The van der Waals surface area contributed by atoms with Gasteiger partial charge in [0, 0.05) is 51.8 Å². The highest BCUT2D eigenvalue weighted by molar-refractivity contribution is 5.87. The predicted molar refractivity (Wildman–Crippen MR) is 113 cm³/mol. The molecule has 166 valence electrons. The molecule has 1 aliphatic carbocycles. The number of aromatic hydroxyl groups is 1. The quantitative estimate of drug-likeness (QED) is 0.801.